The first-order chi connectivity index (χ1) is 14.3. The maximum absolute atomic E-state index is 14.6. The number of likely N-dealkylation sites (N-methyl/N-ethyl adjacent to an activating group) is 1. The van der Waals surface area contributed by atoms with Crippen LogP contribution in [0.3, 0.4) is 0 Å². The number of hydrogen-bond acceptors (Lipinski definition) is 3. The number of rotatable bonds is 3. The van der Waals surface area contributed by atoms with Crippen LogP contribution in [0, 0.1) is 18.6 Å². The molecule has 0 unspecified atom stereocenters. The zero-order chi connectivity index (χ0) is 23.2. The number of aromatic nitrogens is 1. The Morgan fingerprint density at radius 1 is 1.19 bits per heavy atom. The molecule has 2 heterocycles. The van der Waals surface area contributed by atoms with Gasteiger partial charge in [-0.1, -0.05) is 11.6 Å². The molecule has 2 amide bonds. The Hall–Kier alpha value is -2.82. The summed E-state index contributed by atoms with van der Waals surface area (Å²) in [6.45, 7) is 1.24. The fraction of sp³-hybridized carbons (Fsp3) is 0.316. The van der Waals surface area contributed by atoms with E-state index in [9.17, 15) is 35.9 Å². The van der Waals surface area contributed by atoms with E-state index in [1.807, 2.05) is 0 Å². The summed E-state index contributed by atoms with van der Waals surface area (Å²) in [5.41, 5.74) is -1.76. The SMILES string of the molecule is Cc1cc(C(F)(F)F)cc(N2C(=O)C[C@@H](F)[C@H]2C(=O)N(C)c2cc(Cl)c(F)cc2F)n1. The predicted molar refractivity (Wildman–Crippen MR) is 99.5 cm³/mol. The summed E-state index contributed by atoms with van der Waals surface area (Å²) in [5.74, 6) is -4.97. The van der Waals surface area contributed by atoms with Crippen LogP contribution < -0.4 is 9.80 Å². The van der Waals surface area contributed by atoms with Crippen molar-refractivity contribution in [1.29, 1.82) is 0 Å². The highest BCUT2D eigenvalue weighted by Gasteiger charge is 2.48. The number of benzene rings is 1. The highest BCUT2D eigenvalue weighted by molar-refractivity contribution is 6.31. The summed E-state index contributed by atoms with van der Waals surface area (Å²) in [5, 5.41) is -0.512. The molecule has 0 radical (unpaired) electrons. The normalized spacial score (nSPS) is 19.1. The Morgan fingerprint density at radius 2 is 1.84 bits per heavy atom. The molecule has 1 aromatic heterocycles. The summed E-state index contributed by atoms with van der Waals surface area (Å²) >= 11 is 5.61. The maximum atomic E-state index is 14.6. The molecule has 5 nitrogen and oxygen atoms in total. The number of carbonyl (C=O) groups is 2. The van der Waals surface area contributed by atoms with Crippen LogP contribution in [0.4, 0.5) is 37.8 Å². The summed E-state index contributed by atoms with van der Waals surface area (Å²) in [7, 11) is 1.04. The molecule has 0 aliphatic carbocycles. The molecule has 0 N–H and O–H groups in total. The van der Waals surface area contributed by atoms with Crippen LogP contribution >= 0.6 is 11.6 Å². The molecular weight excluding hydrogens is 452 g/mol. The second-order valence-electron chi connectivity index (χ2n) is 6.90. The third-order valence-corrected chi connectivity index (χ3v) is 5.00. The molecule has 0 spiro atoms. The summed E-state index contributed by atoms with van der Waals surface area (Å²) in [6.07, 6.45) is -7.66. The van der Waals surface area contributed by atoms with Crippen LogP contribution in [0.1, 0.15) is 17.7 Å². The lowest BCUT2D eigenvalue weighted by molar-refractivity contribution is -0.137. The van der Waals surface area contributed by atoms with E-state index in [2.05, 4.69) is 4.98 Å². The second-order valence-corrected chi connectivity index (χ2v) is 7.30. The standard InChI is InChI=1S/C19H14ClF6N3O2/c1-8-3-9(19(24,25)26)4-15(27-8)29-16(30)7-13(23)17(29)18(31)28(2)14-5-10(20)11(21)6-12(14)22/h3-6,13,17H,7H2,1-2H3/t13-,17+/m1/s1. The first-order valence-corrected chi connectivity index (χ1v) is 9.13. The number of hydrogen-bond donors (Lipinski definition) is 0. The van der Waals surface area contributed by atoms with Gasteiger partial charge in [-0.05, 0) is 25.1 Å². The van der Waals surface area contributed by atoms with Crippen molar-refractivity contribution in [2.75, 3.05) is 16.8 Å². The number of carbonyl (C=O) groups excluding carboxylic acids is 2. The molecule has 166 valence electrons. The zero-order valence-corrected chi connectivity index (χ0v) is 16.7. The highest BCUT2D eigenvalue weighted by atomic mass is 35.5. The van der Waals surface area contributed by atoms with Crippen molar-refractivity contribution in [3.8, 4) is 0 Å². The van der Waals surface area contributed by atoms with Crippen LogP contribution in [0.5, 0.6) is 0 Å². The zero-order valence-electron chi connectivity index (χ0n) is 16.0. The molecule has 0 bridgehead atoms. The topological polar surface area (TPSA) is 53.5 Å². The fourth-order valence-electron chi connectivity index (χ4n) is 3.25. The van der Waals surface area contributed by atoms with Crippen molar-refractivity contribution < 1.29 is 35.9 Å². The Morgan fingerprint density at radius 3 is 2.45 bits per heavy atom. The van der Waals surface area contributed by atoms with E-state index in [0.717, 1.165) is 19.2 Å². The molecule has 1 aliphatic rings. The molecule has 12 heteroatoms. The number of pyridine rings is 1. The monoisotopic (exact) mass is 465 g/mol. The van der Waals surface area contributed by atoms with Crippen LogP contribution in [0.2, 0.25) is 5.02 Å². The molecule has 1 aromatic carbocycles. The number of anilines is 2. The molecular formula is C19H14ClF6N3O2. The van der Waals surface area contributed by atoms with E-state index in [4.69, 9.17) is 11.6 Å². The van der Waals surface area contributed by atoms with Crippen molar-refractivity contribution in [1.82, 2.24) is 4.98 Å². The first kappa shape index (κ1) is 22.9. The quantitative estimate of drug-likeness (QED) is 0.497. The van der Waals surface area contributed by atoms with Crippen molar-refractivity contribution in [2.45, 2.75) is 31.7 Å². The third kappa shape index (κ3) is 4.32. The molecule has 1 aliphatic heterocycles. The minimum absolute atomic E-state index is 0.115. The lowest BCUT2D eigenvalue weighted by Crippen LogP contribution is -2.49. The van der Waals surface area contributed by atoms with Gasteiger partial charge in [-0.15, -0.1) is 0 Å². The minimum atomic E-state index is -4.77. The van der Waals surface area contributed by atoms with E-state index in [-0.39, 0.29) is 5.69 Å². The fourth-order valence-corrected chi connectivity index (χ4v) is 3.41. The van der Waals surface area contributed by atoms with E-state index in [0.29, 0.717) is 21.9 Å². The van der Waals surface area contributed by atoms with Crippen LogP contribution in [0.25, 0.3) is 0 Å². The average Bonchev–Trinajstić information content (AvgIpc) is 2.96. The predicted octanol–water partition coefficient (Wildman–Crippen LogP) is 4.45. The number of aryl methyl sites for hydroxylation is 1. The van der Waals surface area contributed by atoms with Gasteiger partial charge in [0.25, 0.3) is 5.91 Å². The van der Waals surface area contributed by atoms with Crippen LogP contribution in [-0.2, 0) is 15.8 Å². The Kier molecular flexibility index (Phi) is 5.92. The third-order valence-electron chi connectivity index (χ3n) is 4.71. The molecule has 2 aromatic rings. The Labute approximate surface area is 177 Å². The van der Waals surface area contributed by atoms with E-state index < -0.39 is 70.4 Å². The van der Waals surface area contributed by atoms with Crippen molar-refractivity contribution in [3.63, 3.8) is 0 Å². The van der Waals surface area contributed by atoms with E-state index in [1.165, 1.54) is 6.92 Å². The van der Waals surface area contributed by atoms with E-state index in [1.54, 1.807) is 0 Å². The average molecular weight is 466 g/mol. The van der Waals surface area contributed by atoms with Gasteiger partial charge in [0, 0.05) is 18.8 Å². The molecule has 3 rings (SSSR count). The second kappa shape index (κ2) is 8.03. The number of amides is 2. The minimum Gasteiger partial charge on any atom is -0.311 e. The van der Waals surface area contributed by atoms with Gasteiger partial charge in [0.05, 0.1) is 22.7 Å². The Balaban J connectivity index is 2.04. The first-order valence-electron chi connectivity index (χ1n) is 8.75. The molecule has 0 saturated carbocycles. The molecule has 1 fully saturated rings. The van der Waals surface area contributed by atoms with Crippen molar-refractivity contribution in [2.24, 2.45) is 0 Å². The highest BCUT2D eigenvalue weighted by Crippen LogP contribution is 2.36. The molecule has 1 saturated heterocycles. The molecule has 2 atom stereocenters. The van der Waals surface area contributed by atoms with Gasteiger partial charge in [-0.25, -0.2) is 18.2 Å². The van der Waals surface area contributed by atoms with Crippen LogP contribution in [0.15, 0.2) is 24.3 Å². The molecule has 31 heavy (non-hydrogen) atoms. The van der Waals surface area contributed by atoms with Gasteiger partial charge in [0.15, 0.2) is 0 Å². The van der Waals surface area contributed by atoms with Crippen LogP contribution in [-0.4, -0.2) is 36.1 Å². The van der Waals surface area contributed by atoms with Gasteiger partial charge >= 0.3 is 6.18 Å². The van der Waals surface area contributed by atoms with Crippen molar-refractivity contribution >= 4 is 34.9 Å². The maximum Gasteiger partial charge on any atom is 0.416 e. The Bertz CT molecular complexity index is 1060. The van der Waals surface area contributed by atoms with Gasteiger partial charge in [-0.3, -0.25) is 14.5 Å². The van der Waals surface area contributed by atoms with Gasteiger partial charge < -0.3 is 4.90 Å². The largest absolute Gasteiger partial charge is 0.416 e. The lowest BCUT2D eigenvalue weighted by atomic mass is 10.1. The summed E-state index contributed by atoms with van der Waals surface area (Å²) in [4.78, 5) is 30.3. The smallest absolute Gasteiger partial charge is 0.311 e. The summed E-state index contributed by atoms with van der Waals surface area (Å²) < 4.78 is 81.7. The summed E-state index contributed by atoms with van der Waals surface area (Å²) in [6, 6.07) is 0.569. The number of alkyl halides is 4. The van der Waals surface area contributed by atoms with Gasteiger partial charge in [0.2, 0.25) is 5.91 Å². The van der Waals surface area contributed by atoms with Crippen molar-refractivity contribution in [3.05, 3.63) is 52.2 Å². The van der Waals surface area contributed by atoms with E-state index >= 15 is 0 Å². The van der Waals surface area contributed by atoms with Gasteiger partial charge in [0.1, 0.15) is 29.7 Å². The number of halogens is 7. The van der Waals surface area contributed by atoms with Gasteiger partial charge in [-0.2, -0.15) is 13.2 Å². The number of nitrogens with zero attached hydrogens (tertiary/aromatic N) is 3. The lowest BCUT2D eigenvalue weighted by Gasteiger charge is -2.29.